The lowest BCUT2D eigenvalue weighted by Crippen LogP contribution is -2.58. The zero-order valence-electron chi connectivity index (χ0n) is 20.0. The number of aliphatic carboxylic acids is 3. The summed E-state index contributed by atoms with van der Waals surface area (Å²) in [6, 6.07) is 0.847. The number of nitrogens with one attached hydrogen (secondary N) is 4. The van der Waals surface area contributed by atoms with E-state index in [0.29, 0.717) is 5.56 Å². The van der Waals surface area contributed by atoms with Crippen LogP contribution in [-0.4, -0.2) is 91.8 Å². The second-order valence-electron chi connectivity index (χ2n) is 8.40. The number of H-pyrrole nitrogens is 1. The van der Waals surface area contributed by atoms with Crippen molar-refractivity contribution in [2.75, 3.05) is 6.61 Å². The Labute approximate surface area is 215 Å². The molecule has 4 unspecified atom stereocenters. The molecule has 4 atom stereocenters. The van der Waals surface area contributed by atoms with Gasteiger partial charge in [-0.1, -0.05) is 18.2 Å². The Bertz CT molecular complexity index is 1200. The molecule has 15 heteroatoms. The van der Waals surface area contributed by atoms with Crippen LogP contribution in [0.25, 0.3) is 10.9 Å². The van der Waals surface area contributed by atoms with Crippen molar-refractivity contribution in [3.63, 3.8) is 0 Å². The van der Waals surface area contributed by atoms with E-state index < -0.39 is 85.7 Å². The van der Waals surface area contributed by atoms with Crippen LogP contribution in [0, 0.1) is 0 Å². The fourth-order valence-corrected chi connectivity index (χ4v) is 3.55. The number of carboxylic acids is 3. The average Bonchev–Trinajstić information content (AvgIpc) is 3.27. The number of aromatic amines is 1. The van der Waals surface area contributed by atoms with Crippen molar-refractivity contribution in [3.05, 3.63) is 36.0 Å². The van der Waals surface area contributed by atoms with E-state index in [9.17, 15) is 39.0 Å². The largest absolute Gasteiger partial charge is 0.481 e. The van der Waals surface area contributed by atoms with E-state index in [2.05, 4.69) is 20.9 Å². The van der Waals surface area contributed by atoms with Gasteiger partial charge in [0.2, 0.25) is 17.7 Å². The van der Waals surface area contributed by atoms with Crippen molar-refractivity contribution in [1.82, 2.24) is 20.9 Å². The second-order valence-corrected chi connectivity index (χ2v) is 8.40. The summed E-state index contributed by atoms with van der Waals surface area (Å²) in [5.41, 5.74) is 6.71. The molecule has 0 aliphatic heterocycles. The summed E-state index contributed by atoms with van der Waals surface area (Å²) in [5.74, 6) is -7.42. The van der Waals surface area contributed by atoms with Crippen LogP contribution < -0.4 is 21.7 Å². The third kappa shape index (κ3) is 8.56. The monoisotopic (exact) mass is 535 g/mol. The van der Waals surface area contributed by atoms with Gasteiger partial charge in [-0.2, -0.15) is 0 Å². The van der Waals surface area contributed by atoms with Crippen molar-refractivity contribution in [2.45, 2.75) is 49.9 Å². The molecule has 0 radical (unpaired) electrons. The Kier molecular flexibility index (Phi) is 10.7. The van der Waals surface area contributed by atoms with Gasteiger partial charge in [0.05, 0.1) is 13.0 Å². The normalized spacial score (nSPS) is 14.1. The number of benzene rings is 1. The Morgan fingerprint density at radius 3 is 2.05 bits per heavy atom. The van der Waals surface area contributed by atoms with E-state index in [4.69, 9.17) is 15.9 Å². The lowest BCUT2D eigenvalue weighted by Gasteiger charge is -2.24. The molecule has 0 spiro atoms. The molecule has 206 valence electrons. The zero-order chi connectivity index (χ0) is 28.4. The molecule has 0 aliphatic rings. The number of para-hydroxylation sites is 1. The number of carbonyl (C=O) groups is 6. The van der Waals surface area contributed by atoms with E-state index in [0.717, 1.165) is 10.9 Å². The maximum atomic E-state index is 12.9. The standard InChI is InChI=1S/C23H29N5O10/c24-13(10-29)20(34)26-15(5-6-18(30)31)21(35)27-16(8-19(32)33)22(36)28-17(23(37)38)7-11-9-25-14-4-2-1-3-12(11)14/h1-4,9,13,15-17,25,29H,5-8,10,24H2,(H,26,34)(H,27,35)(H,28,36)(H,30,31)(H,32,33)(H,37,38). The van der Waals surface area contributed by atoms with Crippen molar-refractivity contribution in [1.29, 1.82) is 0 Å². The molecule has 15 nitrogen and oxygen atoms in total. The van der Waals surface area contributed by atoms with Gasteiger partial charge in [-0.05, 0) is 18.1 Å². The maximum absolute atomic E-state index is 12.9. The van der Waals surface area contributed by atoms with E-state index in [1.54, 1.807) is 30.5 Å². The number of aliphatic hydroxyl groups excluding tert-OH is 1. The Morgan fingerprint density at radius 1 is 0.842 bits per heavy atom. The van der Waals surface area contributed by atoms with Gasteiger partial charge >= 0.3 is 17.9 Å². The minimum Gasteiger partial charge on any atom is -0.481 e. The van der Waals surface area contributed by atoms with Crippen LogP contribution in [-0.2, 0) is 35.2 Å². The van der Waals surface area contributed by atoms with Gasteiger partial charge in [-0.15, -0.1) is 0 Å². The Balaban J connectivity index is 2.19. The predicted molar refractivity (Wildman–Crippen MR) is 130 cm³/mol. The van der Waals surface area contributed by atoms with Crippen LogP contribution >= 0.6 is 0 Å². The topological polar surface area (TPSA) is 261 Å². The number of aromatic nitrogens is 1. The minimum absolute atomic E-state index is 0.158. The number of amides is 3. The number of nitrogens with two attached hydrogens (primary N) is 1. The van der Waals surface area contributed by atoms with Crippen molar-refractivity contribution in [2.24, 2.45) is 5.73 Å². The van der Waals surface area contributed by atoms with Gasteiger partial charge in [-0.3, -0.25) is 24.0 Å². The number of hydrogen-bond acceptors (Lipinski definition) is 8. The molecule has 2 rings (SSSR count). The summed E-state index contributed by atoms with van der Waals surface area (Å²) in [5, 5.41) is 44.1. The van der Waals surface area contributed by atoms with Gasteiger partial charge in [0.1, 0.15) is 24.2 Å². The summed E-state index contributed by atoms with van der Waals surface area (Å²) in [6.07, 6.45) is -0.531. The van der Waals surface area contributed by atoms with E-state index in [1.165, 1.54) is 0 Å². The van der Waals surface area contributed by atoms with E-state index in [-0.39, 0.29) is 6.42 Å². The first-order valence-corrected chi connectivity index (χ1v) is 11.4. The summed E-state index contributed by atoms with van der Waals surface area (Å²) in [6.45, 7) is -0.768. The minimum atomic E-state index is -1.76. The number of aliphatic hydroxyl groups is 1. The molecule has 1 heterocycles. The highest BCUT2D eigenvalue weighted by Crippen LogP contribution is 2.19. The number of rotatable bonds is 15. The van der Waals surface area contributed by atoms with E-state index in [1.807, 2.05) is 0 Å². The van der Waals surface area contributed by atoms with Crippen molar-refractivity contribution < 1.29 is 49.2 Å². The van der Waals surface area contributed by atoms with Gasteiger partial charge < -0.3 is 47.1 Å². The number of carbonyl (C=O) groups excluding carboxylic acids is 3. The first-order chi connectivity index (χ1) is 17.9. The molecule has 0 fully saturated rings. The molecule has 0 saturated heterocycles. The van der Waals surface area contributed by atoms with Gasteiger partial charge in [0.15, 0.2) is 0 Å². The first-order valence-electron chi connectivity index (χ1n) is 11.4. The SMILES string of the molecule is NC(CO)C(=O)NC(CCC(=O)O)C(=O)NC(CC(=O)O)C(=O)NC(Cc1c[nH]c2ccccc12)C(=O)O. The maximum Gasteiger partial charge on any atom is 0.326 e. The summed E-state index contributed by atoms with van der Waals surface area (Å²) in [4.78, 5) is 74.9. The molecule has 1 aromatic heterocycles. The average molecular weight is 536 g/mol. The first kappa shape index (κ1) is 29.7. The number of hydrogen-bond donors (Lipinski definition) is 9. The second kappa shape index (κ2) is 13.7. The lowest BCUT2D eigenvalue weighted by atomic mass is 10.0. The summed E-state index contributed by atoms with van der Waals surface area (Å²) in [7, 11) is 0. The summed E-state index contributed by atoms with van der Waals surface area (Å²) >= 11 is 0. The van der Waals surface area contributed by atoms with Gasteiger partial charge in [-0.25, -0.2) is 4.79 Å². The third-order valence-electron chi connectivity index (χ3n) is 5.54. The quantitative estimate of drug-likeness (QED) is 0.119. The molecule has 0 aliphatic carbocycles. The molecule has 38 heavy (non-hydrogen) atoms. The lowest BCUT2D eigenvalue weighted by molar-refractivity contribution is -0.143. The smallest absolute Gasteiger partial charge is 0.326 e. The van der Waals surface area contributed by atoms with Crippen molar-refractivity contribution >= 4 is 46.5 Å². The predicted octanol–water partition coefficient (Wildman–Crippen LogP) is -2.09. The molecule has 0 bridgehead atoms. The molecule has 2 aromatic rings. The van der Waals surface area contributed by atoms with E-state index >= 15 is 0 Å². The molecule has 1 aromatic carbocycles. The fraction of sp³-hybridized carbons (Fsp3) is 0.391. The highest BCUT2D eigenvalue weighted by Gasteiger charge is 2.32. The van der Waals surface area contributed by atoms with Crippen LogP contribution in [0.2, 0.25) is 0 Å². The molecule has 3 amide bonds. The summed E-state index contributed by atoms with van der Waals surface area (Å²) < 4.78 is 0. The van der Waals surface area contributed by atoms with Crippen LogP contribution in [0.4, 0.5) is 0 Å². The Hall–Kier alpha value is -4.50. The highest BCUT2D eigenvalue weighted by molar-refractivity contribution is 5.96. The highest BCUT2D eigenvalue weighted by atomic mass is 16.4. The molecule has 10 N–H and O–H groups in total. The molecular weight excluding hydrogens is 506 g/mol. The van der Waals surface area contributed by atoms with Crippen LogP contribution in [0.15, 0.2) is 30.5 Å². The number of carboxylic acid groups (broad SMARTS) is 3. The van der Waals surface area contributed by atoms with Crippen LogP contribution in [0.5, 0.6) is 0 Å². The molecule has 0 saturated carbocycles. The fourth-order valence-electron chi connectivity index (χ4n) is 3.55. The third-order valence-corrected chi connectivity index (χ3v) is 5.54. The van der Waals surface area contributed by atoms with Crippen LogP contribution in [0.1, 0.15) is 24.8 Å². The molecular formula is C23H29N5O10. The van der Waals surface area contributed by atoms with Gasteiger partial charge in [0.25, 0.3) is 0 Å². The van der Waals surface area contributed by atoms with Crippen molar-refractivity contribution in [3.8, 4) is 0 Å². The van der Waals surface area contributed by atoms with Crippen LogP contribution in [0.3, 0.4) is 0 Å². The zero-order valence-corrected chi connectivity index (χ0v) is 20.0. The number of fused-ring (bicyclic) bond motifs is 1. The van der Waals surface area contributed by atoms with Gasteiger partial charge in [0, 0.05) is 29.9 Å². The Morgan fingerprint density at radius 2 is 1.45 bits per heavy atom.